The number of primary amides is 1. The van der Waals surface area contributed by atoms with Crippen molar-refractivity contribution in [2.24, 2.45) is 5.73 Å². The number of carbonyl (C=O) groups excluding carboxylic acids is 1. The van der Waals surface area contributed by atoms with Crippen LogP contribution >= 0.6 is 0 Å². The van der Waals surface area contributed by atoms with Gasteiger partial charge in [-0.05, 0) is 24.6 Å². The molecule has 4 nitrogen and oxygen atoms in total. The van der Waals surface area contributed by atoms with Crippen LogP contribution < -0.4 is 16.8 Å². The number of nitrogens with one attached hydrogen (secondary N) is 1. The van der Waals surface area contributed by atoms with E-state index < -0.39 is 11.7 Å². The molecule has 0 bridgehead atoms. The highest BCUT2D eigenvalue weighted by atomic mass is 19.1. The van der Waals surface area contributed by atoms with E-state index in [1.54, 1.807) is 0 Å². The molecule has 0 heterocycles. The van der Waals surface area contributed by atoms with Crippen LogP contribution in [0, 0.1) is 5.82 Å². The number of nitrogens with two attached hydrogens (primary N) is 2. The molecule has 0 fully saturated rings. The average molecular weight is 273 g/mol. The fraction of sp³-hybridized carbons (Fsp3) is 0.133. The van der Waals surface area contributed by atoms with Crippen LogP contribution in [-0.4, -0.2) is 5.91 Å². The van der Waals surface area contributed by atoms with Gasteiger partial charge in [0, 0.05) is 11.7 Å². The van der Waals surface area contributed by atoms with Crippen molar-refractivity contribution in [3.05, 3.63) is 59.4 Å². The average Bonchev–Trinajstić information content (AvgIpc) is 2.42. The summed E-state index contributed by atoms with van der Waals surface area (Å²) in [4.78, 5) is 11.2. The van der Waals surface area contributed by atoms with Crippen LogP contribution in [0.2, 0.25) is 0 Å². The summed E-state index contributed by atoms with van der Waals surface area (Å²) in [7, 11) is 0. The third kappa shape index (κ3) is 2.88. The SMILES string of the molecule is CC(Nc1cc(C(N)=O)c(N)cc1F)c1ccccc1. The molecular formula is C15H16FN3O. The van der Waals surface area contributed by atoms with Crippen LogP contribution in [-0.2, 0) is 0 Å². The summed E-state index contributed by atoms with van der Waals surface area (Å²) in [5.41, 5.74) is 12.1. The predicted molar refractivity (Wildman–Crippen MR) is 77.8 cm³/mol. The van der Waals surface area contributed by atoms with E-state index in [0.717, 1.165) is 11.6 Å². The Bertz CT molecular complexity index is 629. The molecule has 1 atom stereocenters. The summed E-state index contributed by atoms with van der Waals surface area (Å²) in [6.45, 7) is 1.90. The summed E-state index contributed by atoms with van der Waals surface area (Å²) >= 11 is 0. The van der Waals surface area contributed by atoms with Crippen LogP contribution in [0.15, 0.2) is 42.5 Å². The van der Waals surface area contributed by atoms with Crippen LogP contribution in [0.4, 0.5) is 15.8 Å². The lowest BCUT2D eigenvalue weighted by Gasteiger charge is -2.17. The molecule has 1 unspecified atom stereocenters. The standard InChI is InChI=1S/C15H16FN3O/c1-9(10-5-3-2-4-6-10)19-14-7-11(15(18)20)13(17)8-12(14)16/h2-9,19H,17H2,1H3,(H2,18,20). The van der Waals surface area contributed by atoms with E-state index in [4.69, 9.17) is 11.5 Å². The van der Waals surface area contributed by atoms with Gasteiger partial charge < -0.3 is 16.8 Å². The molecule has 104 valence electrons. The van der Waals surface area contributed by atoms with Gasteiger partial charge in [0.25, 0.3) is 5.91 Å². The molecule has 0 aliphatic rings. The highest BCUT2D eigenvalue weighted by molar-refractivity contribution is 5.99. The lowest BCUT2D eigenvalue weighted by Crippen LogP contribution is -2.15. The van der Waals surface area contributed by atoms with Gasteiger partial charge in [-0.2, -0.15) is 0 Å². The van der Waals surface area contributed by atoms with Crippen LogP contribution in [0.1, 0.15) is 28.9 Å². The van der Waals surface area contributed by atoms with Crippen LogP contribution in [0.5, 0.6) is 0 Å². The monoisotopic (exact) mass is 273 g/mol. The summed E-state index contributed by atoms with van der Waals surface area (Å²) in [5, 5.41) is 3.01. The lowest BCUT2D eigenvalue weighted by molar-refractivity contribution is 0.100. The number of halogens is 1. The van der Waals surface area contributed by atoms with Gasteiger partial charge in [-0.15, -0.1) is 0 Å². The number of carbonyl (C=O) groups is 1. The molecular weight excluding hydrogens is 257 g/mol. The second-order valence-electron chi connectivity index (χ2n) is 4.56. The minimum atomic E-state index is -0.682. The molecule has 2 aromatic carbocycles. The maximum atomic E-state index is 13.9. The van der Waals surface area contributed by atoms with Gasteiger partial charge in [-0.25, -0.2) is 4.39 Å². The lowest BCUT2D eigenvalue weighted by atomic mass is 10.1. The van der Waals surface area contributed by atoms with Crippen molar-refractivity contribution in [2.75, 3.05) is 11.1 Å². The molecule has 0 radical (unpaired) electrons. The number of benzene rings is 2. The Morgan fingerprint density at radius 1 is 1.25 bits per heavy atom. The summed E-state index contributed by atoms with van der Waals surface area (Å²) in [6, 6.07) is 11.9. The number of nitrogen functional groups attached to an aromatic ring is 1. The third-order valence-electron chi connectivity index (χ3n) is 3.08. The second-order valence-corrected chi connectivity index (χ2v) is 4.56. The van der Waals surface area contributed by atoms with Crippen molar-refractivity contribution in [2.45, 2.75) is 13.0 Å². The predicted octanol–water partition coefficient (Wildman–Crippen LogP) is 2.68. The van der Waals surface area contributed by atoms with E-state index in [1.165, 1.54) is 6.07 Å². The first-order valence-electron chi connectivity index (χ1n) is 6.19. The van der Waals surface area contributed by atoms with Gasteiger partial charge in [0.05, 0.1) is 11.3 Å². The Kier molecular flexibility index (Phi) is 3.89. The van der Waals surface area contributed by atoms with Crippen LogP contribution in [0.25, 0.3) is 0 Å². The van der Waals surface area contributed by atoms with Gasteiger partial charge in [-0.1, -0.05) is 30.3 Å². The first kappa shape index (κ1) is 13.9. The fourth-order valence-electron chi connectivity index (χ4n) is 1.97. The van der Waals surface area contributed by atoms with Crippen molar-refractivity contribution in [3.8, 4) is 0 Å². The zero-order chi connectivity index (χ0) is 14.7. The molecule has 0 aliphatic heterocycles. The van der Waals surface area contributed by atoms with E-state index in [9.17, 15) is 9.18 Å². The normalized spacial score (nSPS) is 11.9. The maximum absolute atomic E-state index is 13.9. The molecule has 2 aromatic rings. The molecule has 5 heteroatoms. The number of anilines is 2. The third-order valence-corrected chi connectivity index (χ3v) is 3.08. The van der Waals surface area contributed by atoms with Gasteiger partial charge in [0.1, 0.15) is 5.82 Å². The minimum Gasteiger partial charge on any atom is -0.398 e. The van der Waals surface area contributed by atoms with Gasteiger partial charge in [-0.3, -0.25) is 4.79 Å². The summed E-state index contributed by atoms with van der Waals surface area (Å²) in [5.74, 6) is -1.20. The smallest absolute Gasteiger partial charge is 0.250 e. The first-order chi connectivity index (χ1) is 9.49. The van der Waals surface area contributed by atoms with Gasteiger partial charge in [0.15, 0.2) is 0 Å². The fourth-order valence-corrected chi connectivity index (χ4v) is 1.97. The van der Waals surface area contributed by atoms with Gasteiger partial charge in [0.2, 0.25) is 0 Å². The highest BCUT2D eigenvalue weighted by Crippen LogP contribution is 2.25. The van der Waals surface area contributed by atoms with Crippen molar-refractivity contribution in [1.29, 1.82) is 0 Å². The number of hydrogen-bond acceptors (Lipinski definition) is 3. The topological polar surface area (TPSA) is 81.1 Å². The van der Waals surface area contributed by atoms with E-state index in [1.807, 2.05) is 37.3 Å². The molecule has 2 rings (SSSR count). The Balaban J connectivity index is 2.29. The molecule has 1 amide bonds. The maximum Gasteiger partial charge on any atom is 0.250 e. The van der Waals surface area contributed by atoms with E-state index in [-0.39, 0.29) is 23.0 Å². The number of hydrogen-bond donors (Lipinski definition) is 3. The number of rotatable bonds is 4. The molecule has 5 N–H and O–H groups in total. The van der Waals surface area contributed by atoms with E-state index in [0.29, 0.717) is 0 Å². The van der Waals surface area contributed by atoms with Crippen molar-refractivity contribution in [1.82, 2.24) is 0 Å². The first-order valence-corrected chi connectivity index (χ1v) is 6.19. The largest absolute Gasteiger partial charge is 0.398 e. The van der Waals surface area contributed by atoms with Crippen molar-refractivity contribution < 1.29 is 9.18 Å². The molecule has 0 saturated carbocycles. The number of amides is 1. The summed E-state index contributed by atoms with van der Waals surface area (Å²) in [6.07, 6.45) is 0. The zero-order valence-electron chi connectivity index (χ0n) is 11.1. The highest BCUT2D eigenvalue weighted by Gasteiger charge is 2.14. The Hall–Kier alpha value is -2.56. The molecule has 0 aromatic heterocycles. The Morgan fingerprint density at radius 3 is 2.50 bits per heavy atom. The Morgan fingerprint density at radius 2 is 1.90 bits per heavy atom. The van der Waals surface area contributed by atoms with E-state index >= 15 is 0 Å². The van der Waals surface area contributed by atoms with Crippen molar-refractivity contribution in [3.63, 3.8) is 0 Å². The second kappa shape index (κ2) is 5.61. The summed E-state index contributed by atoms with van der Waals surface area (Å²) < 4.78 is 13.9. The van der Waals surface area contributed by atoms with E-state index in [2.05, 4.69) is 5.32 Å². The Labute approximate surface area is 116 Å². The van der Waals surface area contributed by atoms with Crippen molar-refractivity contribution >= 4 is 17.3 Å². The molecule has 0 spiro atoms. The van der Waals surface area contributed by atoms with Gasteiger partial charge >= 0.3 is 0 Å². The molecule has 0 aliphatic carbocycles. The zero-order valence-corrected chi connectivity index (χ0v) is 11.1. The molecule has 0 saturated heterocycles. The molecule has 20 heavy (non-hydrogen) atoms. The minimum absolute atomic E-state index is 0.0351. The van der Waals surface area contributed by atoms with Crippen LogP contribution in [0.3, 0.4) is 0 Å². The quantitative estimate of drug-likeness (QED) is 0.749.